The second kappa shape index (κ2) is 4.99. The molecule has 19 heavy (non-hydrogen) atoms. The summed E-state index contributed by atoms with van der Waals surface area (Å²) in [7, 11) is 0. The van der Waals surface area contributed by atoms with Crippen molar-refractivity contribution in [2.75, 3.05) is 13.2 Å². The third-order valence-electron chi connectivity index (χ3n) is 4.69. The zero-order valence-electron chi connectivity index (χ0n) is 11.5. The summed E-state index contributed by atoms with van der Waals surface area (Å²) in [5.74, 6) is 1.61. The number of nitrogens with two attached hydrogens (primary N) is 1. The fraction of sp³-hybridized carbons (Fsp3) is 0.625. The van der Waals surface area contributed by atoms with Crippen molar-refractivity contribution >= 4 is 11.6 Å². The number of aryl methyl sites for hydroxylation is 1. The van der Waals surface area contributed by atoms with Gasteiger partial charge < -0.3 is 10.5 Å². The van der Waals surface area contributed by atoms with Crippen LogP contribution < -0.4 is 10.5 Å². The van der Waals surface area contributed by atoms with Crippen LogP contribution in [0.15, 0.2) is 12.1 Å². The highest BCUT2D eigenvalue weighted by molar-refractivity contribution is 6.32. The molecule has 3 rings (SSSR count). The third kappa shape index (κ3) is 2.48. The maximum absolute atomic E-state index is 6.40. The first-order valence-corrected chi connectivity index (χ1v) is 7.66. The number of halogens is 1. The summed E-state index contributed by atoms with van der Waals surface area (Å²) in [6.45, 7) is 3.57. The first kappa shape index (κ1) is 13.3. The van der Waals surface area contributed by atoms with E-state index in [0.717, 1.165) is 36.1 Å². The van der Waals surface area contributed by atoms with Crippen molar-refractivity contribution in [2.45, 2.75) is 44.4 Å². The molecular weight excluding hydrogens is 258 g/mol. The Labute approximate surface area is 120 Å². The van der Waals surface area contributed by atoms with E-state index < -0.39 is 0 Å². The maximum Gasteiger partial charge on any atom is 0.141 e. The highest BCUT2D eigenvalue weighted by Crippen LogP contribution is 2.52. The molecule has 0 amide bonds. The monoisotopic (exact) mass is 279 g/mol. The minimum absolute atomic E-state index is 0.130. The molecule has 0 radical (unpaired) electrons. The Morgan fingerprint density at radius 3 is 2.63 bits per heavy atom. The zero-order chi connectivity index (χ0) is 13.5. The fourth-order valence-corrected chi connectivity index (χ4v) is 3.19. The van der Waals surface area contributed by atoms with E-state index in [9.17, 15) is 0 Å². The Kier molecular flexibility index (Phi) is 3.48. The first-order valence-electron chi connectivity index (χ1n) is 7.28. The molecule has 0 aromatic heterocycles. The van der Waals surface area contributed by atoms with Crippen molar-refractivity contribution in [3.8, 4) is 5.75 Å². The van der Waals surface area contributed by atoms with Crippen LogP contribution in [0.25, 0.3) is 0 Å². The summed E-state index contributed by atoms with van der Waals surface area (Å²) < 4.78 is 6.07. The molecule has 0 spiro atoms. The Hall–Kier alpha value is -0.730. The highest BCUT2D eigenvalue weighted by atomic mass is 35.5. The molecule has 2 fully saturated rings. The predicted octanol–water partition coefficient (Wildman–Crippen LogP) is 3.82. The molecule has 0 aliphatic heterocycles. The van der Waals surface area contributed by atoms with Gasteiger partial charge in [0, 0.05) is 17.5 Å². The second-order valence-electron chi connectivity index (χ2n) is 6.22. The number of ether oxygens (including phenoxy) is 1. The molecule has 2 aliphatic carbocycles. The maximum atomic E-state index is 6.40. The molecule has 2 N–H and O–H groups in total. The van der Waals surface area contributed by atoms with Crippen LogP contribution in [-0.2, 0) is 5.41 Å². The van der Waals surface area contributed by atoms with Crippen molar-refractivity contribution in [2.24, 2.45) is 11.7 Å². The summed E-state index contributed by atoms with van der Waals surface area (Å²) in [6.07, 6.45) is 6.24. The standard InChI is InChI=1S/C16H22ClNO/c1-11-7-13(16(10-18)5-6-16)15(14(17)8-11)19-9-12-3-2-4-12/h7-8,12H,2-6,9-10,18H2,1H3. The lowest BCUT2D eigenvalue weighted by Crippen LogP contribution is -2.23. The van der Waals surface area contributed by atoms with Crippen LogP contribution in [0, 0.1) is 12.8 Å². The van der Waals surface area contributed by atoms with E-state index in [1.807, 2.05) is 6.07 Å². The summed E-state index contributed by atoms with van der Waals surface area (Å²) in [4.78, 5) is 0. The van der Waals surface area contributed by atoms with Gasteiger partial charge in [0.2, 0.25) is 0 Å². The molecule has 1 aromatic rings. The van der Waals surface area contributed by atoms with Gasteiger partial charge in [-0.2, -0.15) is 0 Å². The zero-order valence-corrected chi connectivity index (χ0v) is 12.3. The summed E-state index contributed by atoms with van der Waals surface area (Å²) >= 11 is 6.40. The number of hydrogen-bond donors (Lipinski definition) is 1. The van der Waals surface area contributed by atoms with Gasteiger partial charge in [-0.1, -0.05) is 24.1 Å². The molecular formula is C16H22ClNO. The van der Waals surface area contributed by atoms with Crippen molar-refractivity contribution in [1.82, 2.24) is 0 Å². The van der Waals surface area contributed by atoms with Gasteiger partial charge in [0.15, 0.2) is 0 Å². The molecule has 0 saturated heterocycles. The fourth-order valence-electron chi connectivity index (χ4n) is 2.86. The molecule has 104 valence electrons. The van der Waals surface area contributed by atoms with Crippen molar-refractivity contribution in [1.29, 1.82) is 0 Å². The van der Waals surface area contributed by atoms with Crippen molar-refractivity contribution in [3.05, 3.63) is 28.3 Å². The van der Waals surface area contributed by atoms with Crippen LogP contribution in [0.5, 0.6) is 5.75 Å². The van der Waals surface area contributed by atoms with Crippen LogP contribution in [0.1, 0.15) is 43.2 Å². The lowest BCUT2D eigenvalue weighted by atomic mass is 9.86. The topological polar surface area (TPSA) is 35.2 Å². The number of benzene rings is 1. The summed E-state index contributed by atoms with van der Waals surface area (Å²) in [6, 6.07) is 4.20. The van der Waals surface area contributed by atoms with Crippen LogP contribution in [0.4, 0.5) is 0 Å². The molecule has 2 nitrogen and oxygen atoms in total. The Bertz CT molecular complexity index is 478. The smallest absolute Gasteiger partial charge is 0.141 e. The van der Waals surface area contributed by atoms with Gasteiger partial charge in [0.05, 0.1) is 11.6 Å². The minimum atomic E-state index is 0.130. The highest BCUT2D eigenvalue weighted by Gasteiger charge is 2.45. The summed E-state index contributed by atoms with van der Waals surface area (Å²) in [5, 5.41) is 0.744. The molecule has 0 bridgehead atoms. The number of rotatable bonds is 5. The lowest BCUT2D eigenvalue weighted by Gasteiger charge is -2.27. The summed E-state index contributed by atoms with van der Waals surface area (Å²) in [5.41, 5.74) is 8.52. The number of hydrogen-bond acceptors (Lipinski definition) is 2. The average Bonchev–Trinajstić information content (AvgIpc) is 3.10. The molecule has 2 aliphatic rings. The van der Waals surface area contributed by atoms with Gasteiger partial charge in [-0.3, -0.25) is 0 Å². The van der Waals surface area contributed by atoms with Gasteiger partial charge in [-0.05, 0) is 50.2 Å². The molecule has 3 heteroatoms. The van der Waals surface area contributed by atoms with E-state index >= 15 is 0 Å². The van der Waals surface area contributed by atoms with E-state index in [4.69, 9.17) is 22.1 Å². The van der Waals surface area contributed by atoms with Gasteiger partial charge in [0.1, 0.15) is 5.75 Å². The Morgan fingerprint density at radius 1 is 1.37 bits per heavy atom. The van der Waals surface area contributed by atoms with Crippen LogP contribution in [-0.4, -0.2) is 13.2 Å². The molecule has 2 saturated carbocycles. The predicted molar refractivity (Wildman–Crippen MR) is 79.0 cm³/mol. The SMILES string of the molecule is Cc1cc(Cl)c(OCC2CCC2)c(C2(CN)CC2)c1. The second-order valence-corrected chi connectivity index (χ2v) is 6.62. The van der Waals surface area contributed by atoms with Gasteiger partial charge in [0.25, 0.3) is 0 Å². The Balaban J connectivity index is 1.87. The molecule has 0 heterocycles. The van der Waals surface area contributed by atoms with Gasteiger partial charge >= 0.3 is 0 Å². The first-order chi connectivity index (χ1) is 9.14. The van der Waals surface area contributed by atoms with E-state index in [1.54, 1.807) is 0 Å². The molecule has 0 atom stereocenters. The largest absolute Gasteiger partial charge is 0.491 e. The quantitative estimate of drug-likeness (QED) is 0.889. The average molecular weight is 280 g/mol. The van der Waals surface area contributed by atoms with E-state index in [2.05, 4.69) is 13.0 Å². The van der Waals surface area contributed by atoms with Crippen LogP contribution in [0.3, 0.4) is 0 Å². The van der Waals surface area contributed by atoms with Crippen LogP contribution in [0.2, 0.25) is 5.02 Å². The van der Waals surface area contributed by atoms with Crippen molar-refractivity contribution < 1.29 is 4.74 Å². The van der Waals surface area contributed by atoms with Crippen LogP contribution >= 0.6 is 11.6 Å². The molecule has 0 unspecified atom stereocenters. The lowest BCUT2D eigenvalue weighted by molar-refractivity contribution is 0.179. The minimum Gasteiger partial charge on any atom is -0.491 e. The van der Waals surface area contributed by atoms with Crippen molar-refractivity contribution in [3.63, 3.8) is 0 Å². The normalized spacial score (nSPS) is 21.0. The van der Waals surface area contributed by atoms with E-state index in [-0.39, 0.29) is 5.41 Å². The Morgan fingerprint density at radius 2 is 2.11 bits per heavy atom. The molecule has 1 aromatic carbocycles. The van der Waals surface area contributed by atoms with E-state index in [1.165, 1.54) is 30.4 Å². The third-order valence-corrected chi connectivity index (χ3v) is 4.97. The van der Waals surface area contributed by atoms with Gasteiger partial charge in [-0.15, -0.1) is 0 Å². The van der Waals surface area contributed by atoms with E-state index in [0.29, 0.717) is 6.54 Å². The van der Waals surface area contributed by atoms with Gasteiger partial charge in [-0.25, -0.2) is 0 Å².